The highest BCUT2D eigenvalue weighted by molar-refractivity contribution is 5.95. The van der Waals surface area contributed by atoms with E-state index in [1.54, 1.807) is 0 Å². The second kappa shape index (κ2) is 8.19. The van der Waals surface area contributed by atoms with Gasteiger partial charge < -0.3 is 20.7 Å². The number of carbonyl (C=O) groups is 1. The molecule has 25 heavy (non-hydrogen) atoms. The molecule has 1 amide bonds. The van der Waals surface area contributed by atoms with Gasteiger partial charge in [-0.15, -0.1) is 0 Å². The summed E-state index contributed by atoms with van der Waals surface area (Å²) >= 11 is 0. The van der Waals surface area contributed by atoms with E-state index in [0.29, 0.717) is 25.0 Å². The SMILES string of the molecule is C[C@@H]1CN(C(=O)c2cccc(NCC3CCC(N)CC3)c2)C[C@H](C)O1. The topological polar surface area (TPSA) is 67.6 Å². The molecule has 0 bridgehead atoms. The van der Waals surface area contributed by atoms with Crippen LogP contribution in [0.1, 0.15) is 49.9 Å². The van der Waals surface area contributed by atoms with Crippen molar-refractivity contribution in [3.63, 3.8) is 0 Å². The highest BCUT2D eigenvalue weighted by atomic mass is 16.5. The molecule has 0 spiro atoms. The summed E-state index contributed by atoms with van der Waals surface area (Å²) in [5.41, 5.74) is 7.75. The zero-order chi connectivity index (χ0) is 17.8. The van der Waals surface area contributed by atoms with Gasteiger partial charge in [0, 0.05) is 36.9 Å². The molecule has 1 aromatic rings. The normalized spacial score (nSPS) is 30.1. The Morgan fingerprint density at radius 1 is 1.20 bits per heavy atom. The molecule has 0 aromatic heterocycles. The summed E-state index contributed by atoms with van der Waals surface area (Å²) in [4.78, 5) is 14.7. The van der Waals surface area contributed by atoms with Gasteiger partial charge in [-0.2, -0.15) is 0 Å². The van der Waals surface area contributed by atoms with E-state index >= 15 is 0 Å². The first-order valence-corrected chi connectivity index (χ1v) is 9.55. The van der Waals surface area contributed by atoms with Gasteiger partial charge in [0.2, 0.25) is 0 Å². The van der Waals surface area contributed by atoms with Crippen LogP contribution in [-0.2, 0) is 4.74 Å². The Hall–Kier alpha value is -1.59. The van der Waals surface area contributed by atoms with Gasteiger partial charge in [0.05, 0.1) is 12.2 Å². The number of carbonyl (C=O) groups excluding carboxylic acids is 1. The van der Waals surface area contributed by atoms with Gasteiger partial charge in [-0.3, -0.25) is 4.79 Å². The lowest BCUT2D eigenvalue weighted by molar-refractivity contribution is -0.0586. The van der Waals surface area contributed by atoms with Gasteiger partial charge in [-0.25, -0.2) is 0 Å². The second-order valence-electron chi connectivity index (χ2n) is 7.71. The molecule has 1 saturated heterocycles. The minimum absolute atomic E-state index is 0.0895. The van der Waals surface area contributed by atoms with E-state index in [9.17, 15) is 4.79 Å². The first kappa shape index (κ1) is 18.2. The van der Waals surface area contributed by atoms with Crippen molar-refractivity contribution in [1.82, 2.24) is 4.90 Å². The maximum atomic E-state index is 12.8. The average molecular weight is 345 g/mol. The van der Waals surface area contributed by atoms with E-state index in [1.165, 1.54) is 12.8 Å². The largest absolute Gasteiger partial charge is 0.385 e. The molecule has 1 heterocycles. The molecule has 0 radical (unpaired) electrons. The Balaban J connectivity index is 1.58. The van der Waals surface area contributed by atoms with Crippen LogP contribution in [0.2, 0.25) is 0 Å². The Morgan fingerprint density at radius 3 is 2.56 bits per heavy atom. The number of nitrogens with one attached hydrogen (secondary N) is 1. The fourth-order valence-corrected chi connectivity index (χ4v) is 3.94. The monoisotopic (exact) mass is 345 g/mol. The van der Waals surface area contributed by atoms with E-state index in [1.807, 2.05) is 43.0 Å². The Morgan fingerprint density at radius 2 is 1.88 bits per heavy atom. The fraction of sp³-hybridized carbons (Fsp3) is 0.650. The molecular formula is C20H31N3O2. The molecule has 3 N–H and O–H groups in total. The number of ether oxygens (including phenoxy) is 1. The third-order valence-corrected chi connectivity index (χ3v) is 5.30. The number of amides is 1. The molecule has 5 heteroatoms. The summed E-state index contributed by atoms with van der Waals surface area (Å²) in [5.74, 6) is 0.773. The molecule has 2 aliphatic rings. The molecule has 1 saturated carbocycles. The van der Waals surface area contributed by atoms with Crippen molar-refractivity contribution < 1.29 is 9.53 Å². The lowest BCUT2D eigenvalue weighted by atomic mass is 9.86. The highest BCUT2D eigenvalue weighted by Gasteiger charge is 2.26. The maximum absolute atomic E-state index is 12.8. The van der Waals surface area contributed by atoms with Crippen LogP contribution in [0.4, 0.5) is 5.69 Å². The van der Waals surface area contributed by atoms with Gasteiger partial charge in [0.15, 0.2) is 0 Å². The highest BCUT2D eigenvalue weighted by Crippen LogP contribution is 2.24. The third kappa shape index (κ3) is 4.95. The lowest BCUT2D eigenvalue weighted by Gasteiger charge is -2.35. The predicted molar refractivity (Wildman–Crippen MR) is 101 cm³/mol. The van der Waals surface area contributed by atoms with Crippen molar-refractivity contribution >= 4 is 11.6 Å². The summed E-state index contributed by atoms with van der Waals surface area (Å²) in [5, 5.41) is 3.51. The number of rotatable bonds is 4. The minimum Gasteiger partial charge on any atom is -0.385 e. The van der Waals surface area contributed by atoms with Crippen molar-refractivity contribution in [1.29, 1.82) is 0 Å². The van der Waals surface area contributed by atoms with E-state index in [2.05, 4.69) is 5.32 Å². The van der Waals surface area contributed by atoms with Gasteiger partial charge in [0.1, 0.15) is 0 Å². The summed E-state index contributed by atoms with van der Waals surface area (Å²) in [6.07, 6.45) is 4.81. The smallest absolute Gasteiger partial charge is 0.254 e. The molecule has 5 nitrogen and oxygen atoms in total. The first-order valence-electron chi connectivity index (χ1n) is 9.55. The minimum atomic E-state index is 0.0895. The average Bonchev–Trinajstić information content (AvgIpc) is 2.60. The fourth-order valence-electron chi connectivity index (χ4n) is 3.94. The van der Waals surface area contributed by atoms with Gasteiger partial charge in [-0.05, 0) is 63.6 Å². The number of benzene rings is 1. The van der Waals surface area contributed by atoms with Crippen LogP contribution in [0.25, 0.3) is 0 Å². The number of nitrogens with zero attached hydrogens (tertiary/aromatic N) is 1. The van der Waals surface area contributed by atoms with Crippen LogP contribution in [0.3, 0.4) is 0 Å². The van der Waals surface area contributed by atoms with E-state index in [0.717, 1.165) is 30.6 Å². The van der Waals surface area contributed by atoms with E-state index in [-0.39, 0.29) is 18.1 Å². The van der Waals surface area contributed by atoms with Gasteiger partial charge in [0.25, 0.3) is 5.91 Å². The second-order valence-corrected chi connectivity index (χ2v) is 7.71. The Bertz CT molecular complexity index is 574. The Kier molecular flexibility index (Phi) is 5.97. The van der Waals surface area contributed by atoms with Crippen molar-refractivity contribution in [2.75, 3.05) is 25.0 Å². The summed E-state index contributed by atoms with van der Waals surface area (Å²) < 4.78 is 5.72. The molecule has 3 rings (SSSR count). The molecule has 2 atom stereocenters. The number of anilines is 1. The lowest BCUT2D eigenvalue weighted by Crippen LogP contribution is -2.48. The van der Waals surface area contributed by atoms with Gasteiger partial charge in [-0.1, -0.05) is 6.07 Å². The molecule has 138 valence electrons. The number of nitrogens with two attached hydrogens (primary N) is 1. The Labute approximate surface area is 150 Å². The predicted octanol–water partition coefficient (Wildman–Crippen LogP) is 2.87. The van der Waals surface area contributed by atoms with Crippen LogP contribution >= 0.6 is 0 Å². The summed E-state index contributed by atoms with van der Waals surface area (Å²) in [6.45, 7) is 6.30. The molecule has 1 aliphatic heterocycles. The zero-order valence-corrected chi connectivity index (χ0v) is 15.4. The molecule has 0 unspecified atom stereocenters. The number of hydrogen-bond acceptors (Lipinski definition) is 4. The summed E-state index contributed by atoms with van der Waals surface area (Å²) in [7, 11) is 0. The molecule has 1 aliphatic carbocycles. The summed E-state index contributed by atoms with van der Waals surface area (Å²) in [6, 6.07) is 8.25. The maximum Gasteiger partial charge on any atom is 0.254 e. The van der Waals surface area contributed by atoms with Crippen LogP contribution in [-0.4, -0.2) is 48.7 Å². The quantitative estimate of drug-likeness (QED) is 0.880. The van der Waals surface area contributed by atoms with Crippen molar-refractivity contribution in [2.24, 2.45) is 11.7 Å². The van der Waals surface area contributed by atoms with Gasteiger partial charge >= 0.3 is 0 Å². The van der Waals surface area contributed by atoms with E-state index < -0.39 is 0 Å². The van der Waals surface area contributed by atoms with Crippen LogP contribution < -0.4 is 11.1 Å². The number of morpholine rings is 1. The van der Waals surface area contributed by atoms with Crippen LogP contribution in [0, 0.1) is 5.92 Å². The first-order chi connectivity index (χ1) is 12.0. The third-order valence-electron chi connectivity index (χ3n) is 5.30. The van der Waals surface area contributed by atoms with Crippen molar-refractivity contribution in [3.05, 3.63) is 29.8 Å². The standard InChI is InChI=1S/C20H31N3O2/c1-14-12-23(13-15(2)25-14)20(24)17-4-3-5-19(10-17)22-11-16-6-8-18(21)9-7-16/h3-5,10,14-16,18,22H,6-9,11-13,21H2,1-2H3/t14-,15+,16?,18?. The molecule has 2 fully saturated rings. The zero-order valence-electron chi connectivity index (χ0n) is 15.4. The van der Waals surface area contributed by atoms with Crippen LogP contribution in [0.15, 0.2) is 24.3 Å². The molecular weight excluding hydrogens is 314 g/mol. The van der Waals surface area contributed by atoms with E-state index in [4.69, 9.17) is 10.5 Å². The van der Waals surface area contributed by atoms with Crippen molar-refractivity contribution in [3.8, 4) is 0 Å². The number of hydrogen-bond donors (Lipinski definition) is 2. The van der Waals surface area contributed by atoms with Crippen LogP contribution in [0.5, 0.6) is 0 Å². The molecule has 1 aromatic carbocycles. The van der Waals surface area contributed by atoms with Crippen molar-refractivity contribution in [2.45, 2.75) is 57.8 Å².